The number of H-pyrrole nitrogens is 1. The first-order chi connectivity index (χ1) is 9.04. The van der Waals surface area contributed by atoms with Crippen LogP contribution >= 0.6 is 11.8 Å². The summed E-state index contributed by atoms with van der Waals surface area (Å²) in [4.78, 5) is 15.7. The van der Waals surface area contributed by atoms with Crippen LogP contribution in [-0.2, 0) is 4.79 Å². The van der Waals surface area contributed by atoms with Crippen LogP contribution in [0.25, 0.3) is 0 Å². The first kappa shape index (κ1) is 13.5. The van der Waals surface area contributed by atoms with Crippen LogP contribution < -0.4 is 5.32 Å². The molecule has 0 bridgehead atoms. The molecule has 0 aliphatic heterocycles. The number of carbonyl (C=O) groups is 1. The van der Waals surface area contributed by atoms with E-state index in [2.05, 4.69) is 20.5 Å². The second kappa shape index (κ2) is 5.79. The van der Waals surface area contributed by atoms with Gasteiger partial charge in [0.1, 0.15) is 17.5 Å². The fraction of sp³-hybridized carbons (Fsp3) is 0.182. The van der Waals surface area contributed by atoms with E-state index >= 15 is 0 Å². The lowest BCUT2D eigenvalue weighted by molar-refractivity contribution is -0.113. The molecule has 0 fully saturated rings. The van der Waals surface area contributed by atoms with Crippen molar-refractivity contribution < 1.29 is 13.6 Å². The molecule has 0 spiro atoms. The SMILES string of the molecule is Cc1nc(NC(=O)CSc2ccc(F)cc2F)n[nH]1. The summed E-state index contributed by atoms with van der Waals surface area (Å²) in [6.45, 7) is 1.70. The molecule has 100 valence electrons. The number of hydrogen-bond acceptors (Lipinski definition) is 4. The van der Waals surface area contributed by atoms with Gasteiger partial charge in [-0.1, -0.05) is 0 Å². The van der Waals surface area contributed by atoms with Crippen molar-refractivity contribution >= 4 is 23.6 Å². The first-order valence-electron chi connectivity index (χ1n) is 5.31. The van der Waals surface area contributed by atoms with Gasteiger partial charge in [0.05, 0.1) is 5.75 Å². The van der Waals surface area contributed by atoms with Crippen LogP contribution in [0.5, 0.6) is 0 Å². The highest BCUT2D eigenvalue weighted by Gasteiger charge is 2.09. The second-order valence-corrected chi connectivity index (χ2v) is 4.67. The number of thioether (sulfide) groups is 1. The zero-order valence-electron chi connectivity index (χ0n) is 9.91. The van der Waals surface area contributed by atoms with Crippen LogP contribution in [0, 0.1) is 18.6 Å². The van der Waals surface area contributed by atoms with E-state index in [-0.39, 0.29) is 22.5 Å². The molecule has 0 unspecified atom stereocenters. The van der Waals surface area contributed by atoms with Crippen LogP contribution in [0.4, 0.5) is 14.7 Å². The molecule has 1 heterocycles. The topological polar surface area (TPSA) is 70.7 Å². The summed E-state index contributed by atoms with van der Waals surface area (Å²) < 4.78 is 26.0. The molecular weight excluding hydrogens is 274 g/mol. The summed E-state index contributed by atoms with van der Waals surface area (Å²) in [6, 6.07) is 3.21. The Hall–Kier alpha value is -1.96. The van der Waals surface area contributed by atoms with Crippen molar-refractivity contribution in [1.82, 2.24) is 15.2 Å². The molecule has 19 heavy (non-hydrogen) atoms. The third-order valence-electron chi connectivity index (χ3n) is 2.10. The summed E-state index contributed by atoms with van der Waals surface area (Å²) in [5.74, 6) is -0.979. The van der Waals surface area contributed by atoms with E-state index in [1.165, 1.54) is 6.07 Å². The third-order valence-corrected chi connectivity index (χ3v) is 3.15. The maximum atomic E-state index is 13.3. The summed E-state index contributed by atoms with van der Waals surface area (Å²) >= 11 is 0.970. The minimum atomic E-state index is -0.688. The molecule has 5 nitrogen and oxygen atoms in total. The number of nitrogens with one attached hydrogen (secondary N) is 2. The average Bonchev–Trinajstić information content (AvgIpc) is 2.73. The molecule has 2 aromatic rings. The fourth-order valence-corrected chi connectivity index (χ4v) is 2.01. The quantitative estimate of drug-likeness (QED) is 0.844. The molecule has 1 aromatic carbocycles. The minimum Gasteiger partial charge on any atom is -0.292 e. The predicted molar refractivity (Wildman–Crippen MR) is 66.8 cm³/mol. The Kier molecular flexibility index (Phi) is 4.10. The van der Waals surface area contributed by atoms with Crippen molar-refractivity contribution in [1.29, 1.82) is 0 Å². The van der Waals surface area contributed by atoms with Crippen LogP contribution in [0.2, 0.25) is 0 Å². The predicted octanol–water partition coefficient (Wildman–Crippen LogP) is 2.12. The lowest BCUT2D eigenvalue weighted by Crippen LogP contribution is -2.15. The molecule has 0 aliphatic carbocycles. The molecular formula is C11H10F2N4OS. The number of amides is 1. The van der Waals surface area contributed by atoms with E-state index in [9.17, 15) is 13.6 Å². The number of hydrogen-bond donors (Lipinski definition) is 2. The largest absolute Gasteiger partial charge is 0.292 e. The number of aromatic amines is 1. The highest BCUT2D eigenvalue weighted by molar-refractivity contribution is 8.00. The van der Waals surface area contributed by atoms with Crippen molar-refractivity contribution in [3.8, 4) is 0 Å². The summed E-state index contributed by atoms with van der Waals surface area (Å²) in [5.41, 5.74) is 0. The lowest BCUT2D eigenvalue weighted by atomic mass is 10.3. The van der Waals surface area contributed by atoms with Gasteiger partial charge in [0.25, 0.3) is 0 Å². The van der Waals surface area contributed by atoms with Crippen molar-refractivity contribution in [3.63, 3.8) is 0 Å². The maximum Gasteiger partial charge on any atom is 0.248 e. The molecule has 1 aromatic heterocycles. The van der Waals surface area contributed by atoms with E-state index in [0.717, 1.165) is 23.9 Å². The monoisotopic (exact) mass is 284 g/mol. The first-order valence-corrected chi connectivity index (χ1v) is 6.30. The maximum absolute atomic E-state index is 13.3. The third kappa shape index (κ3) is 3.75. The molecule has 8 heteroatoms. The second-order valence-electron chi connectivity index (χ2n) is 3.66. The van der Waals surface area contributed by atoms with Gasteiger partial charge in [-0.2, -0.15) is 4.98 Å². The van der Waals surface area contributed by atoms with Crippen LogP contribution in [0.1, 0.15) is 5.82 Å². The van der Waals surface area contributed by atoms with E-state index in [0.29, 0.717) is 5.82 Å². The van der Waals surface area contributed by atoms with Crippen molar-refractivity contribution in [2.45, 2.75) is 11.8 Å². The van der Waals surface area contributed by atoms with Crippen molar-refractivity contribution in [2.24, 2.45) is 0 Å². The molecule has 2 rings (SSSR count). The van der Waals surface area contributed by atoms with E-state index in [4.69, 9.17) is 0 Å². The molecule has 1 amide bonds. The van der Waals surface area contributed by atoms with Crippen LogP contribution in [0.15, 0.2) is 23.1 Å². The zero-order chi connectivity index (χ0) is 13.8. The molecule has 0 saturated heterocycles. The number of anilines is 1. The number of rotatable bonds is 4. The van der Waals surface area contributed by atoms with Crippen LogP contribution in [0.3, 0.4) is 0 Å². The van der Waals surface area contributed by atoms with Gasteiger partial charge in [-0.3, -0.25) is 15.2 Å². The molecule has 0 saturated carbocycles. The Morgan fingerprint density at radius 1 is 1.47 bits per heavy atom. The number of aryl methyl sites for hydroxylation is 1. The summed E-state index contributed by atoms with van der Waals surface area (Å²) in [6.07, 6.45) is 0. The number of nitrogens with zero attached hydrogens (tertiary/aromatic N) is 2. The summed E-state index contributed by atoms with van der Waals surface area (Å²) in [7, 11) is 0. The average molecular weight is 284 g/mol. The number of aromatic nitrogens is 3. The summed E-state index contributed by atoms with van der Waals surface area (Å²) in [5, 5.41) is 8.77. The van der Waals surface area contributed by atoms with E-state index in [1.807, 2.05) is 0 Å². The van der Waals surface area contributed by atoms with E-state index < -0.39 is 11.6 Å². The Bertz CT molecular complexity index is 602. The molecule has 0 aliphatic rings. The molecule has 0 atom stereocenters. The highest BCUT2D eigenvalue weighted by atomic mass is 32.2. The highest BCUT2D eigenvalue weighted by Crippen LogP contribution is 2.22. The number of carbonyl (C=O) groups excluding carboxylic acids is 1. The Morgan fingerprint density at radius 3 is 2.89 bits per heavy atom. The van der Waals surface area contributed by atoms with Gasteiger partial charge >= 0.3 is 0 Å². The lowest BCUT2D eigenvalue weighted by Gasteiger charge is -2.03. The van der Waals surface area contributed by atoms with Gasteiger partial charge in [-0.15, -0.1) is 16.9 Å². The van der Waals surface area contributed by atoms with Gasteiger partial charge in [-0.05, 0) is 19.1 Å². The number of halogens is 2. The van der Waals surface area contributed by atoms with Gasteiger partial charge in [0.2, 0.25) is 11.9 Å². The van der Waals surface area contributed by atoms with Gasteiger partial charge in [0, 0.05) is 11.0 Å². The van der Waals surface area contributed by atoms with Crippen LogP contribution in [-0.4, -0.2) is 26.8 Å². The van der Waals surface area contributed by atoms with Gasteiger partial charge in [-0.25, -0.2) is 8.78 Å². The Morgan fingerprint density at radius 2 is 2.26 bits per heavy atom. The van der Waals surface area contributed by atoms with E-state index in [1.54, 1.807) is 6.92 Å². The zero-order valence-corrected chi connectivity index (χ0v) is 10.7. The molecule has 0 radical (unpaired) electrons. The fourth-order valence-electron chi connectivity index (χ4n) is 1.29. The van der Waals surface area contributed by atoms with Gasteiger partial charge < -0.3 is 0 Å². The Balaban J connectivity index is 1.89. The smallest absolute Gasteiger partial charge is 0.248 e. The normalized spacial score (nSPS) is 10.5. The number of benzene rings is 1. The minimum absolute atomic E-state index is 0.0177. The van der Waals surface area contributed by atoms with Crippen molar-refractivity contribution in [2.75, 3.05) is 11.1 Å². The molecule has 2 N–H and O–H groups in total. The van der Waals surface area contributed by atoms with Gasteiger partial charge in [0.15, 0.2) is 0 Å². The van der Waals surface area contributed by atoms with Crippen molar-refractivity contribution in [3.05, 3.63) is 35.7 Å². The standard InChI is InChI=1S/C11H10F2N4OS/c1-6-14-11(17-16-6)15-10(18)5-19-9-3-2-7(12)4-8(9)13/h2-4H,5H2,1H3,(H2,14,15,16,17,18). The Labute approximate surface area is 111 Å².